The molecular formula is C10H15BrN2OS. The van der Waals surface area contributed by atoms with Gasteiger partial charge in [-0.25, -0.2) is 4.98 Å². The van der Waals surface area contributed by atoms with Gasteiger partial charge < -0.3 is 10.4 Å². The van der Waals surface area contributed by atoms with E-state index in [2.05, 4.69) is 26.2 Å². The summed E-state index contributed by atoms with van der Waals surface area (Å²) in [4.78, 5) is 4.26. The van der Waals surface area contributed by atoms with Crippen molar-refractivity contribution in [3.8, 4) is 0 Å². The number of hydrogen-bond acceptors (Lipinski definition) is 4. The summed E-state index contributed by atoms with van der Waals surface area (Å²) < 4.78 is 1.03. The van der Waals surface area contributed by atoms with Gasteiger partial charge in [-0.15, -0.1) is 11.8 Å². The molecule has 0 aliphatic rings. The first kappa shape index (κ1) is 13.0. The molecule has 0 saturated carbocycles. The molecule has 84 valence electrons. The lowest BCUT2D eigenvalue weighted by Crippen LogP contribution is -2.29. The Morgan fingerprint density at radius 1 is 1.67 bits per heavy atom. The summed E-state index contributed by atoms with van der Waals surface area (Å²) in [6, 6.07) is 4.06. The topological polar surface area (TPSA) is 45.1 Å². The van der Waals surface area contributed by atoms with Crippen molar-refractivity contribution in [2.75, 3.05) is 19.4 Å². The maximum atomic E-state index is 8.98. The fraction of sp³-hybridized carbons (Fsp3) is 0.500. The fourth-order valence-electron chi connectivity index (χ4n) is 1.10. The van der Waals surface area contributed by atoms with Crippen LogP contribution in [0.3, 0.4) is 0 Å². The van der Waals surface area contributed by atoms with Crippen LogP contribution < -0.4 is 5.32 Å². The molecule has 0 aliphatic carbocycles. The van der Waals surface area contributed by atoms with Gasteiger partial charge >= 0.3 is 0 Å². The number of rotatable bonds is 6. The van der Waals surface area contributed by atoms with Crippen LogP contribution >= 0.6 is 27.7 Å². The monoisotopic (exact) mass is 290 g/mol. The van der Waals surface area contributed by atoms with Crippen LogP contribution in [0.15, 0.2) is 27.8 Å². The number of aliphatic hydroxyl groups excluding tert-OH is 1. The van der Waals surface area contributed by atoms with Crippen molar-refractivity contribution in [3.05, 3.63) is 22.8 Å². The lowest BCUT2D eigenvalue weighted by atomic mass is 10.2. The van der Waals surface area contributed by atoms with Crippen molar-refractivity contribution >= 4 is 27.7 Å². The number of thioether (sulfide) groups is 1. The third kappa shape index (κ3) is 4.51. The second-order valence-corrected chi connectivity index (χ2v) is 5.03. The molecule has 1 heterocycles. The van der Waals surface area contributed by atoms with Crippen LogP contribution in [-0.4, -0.2) is 35.5 Å². The molecule has 3 nitrogen and oxygen atoms in total. The summed E-state index contributed by atoms with van der Waals surface area (Å²) in [5.74, 6) is 0.946. The molecule has 15 heavy (non-hydrogen) atoms. The molecule has 5 heteroatoms. The number of halogens is 1. The zero-order valence-corrected chi connectivity index (χ0v) is 11.0. The molecule has 0 aromatic carbocycles. The van der Waals surface area contributed by atoms with E-state index in [0.717, 1.165) is 21.7 Å². The Balaban J connectivity index is 2.34. The number of nitrogens with zero attached hydrogens (tertiary/aromatic N) is 1. The molecule has 1 unspecified atom stereocenters. The minimum absolute atomic E-state index is 0.181. The predicted octanol–water partition coefficient (Wildman–Crippen LogP) is 1.91. The number of aromatic nitrogens is 1. The molecular weight excluding hydrogens is 276 g/mol. The smallest absolute Gasteiger partial charge is 0.110 e. The van der Waals surface area contributed by atoms with Crippen molar-refractivity contribution in [3.63, 3.8) is 0 Å². The average Bonchev–Trinajstić information content (AvgIpc) is 2.27. The van der Waals surface area contributed by atoms with E-state index >= 15 is 0 Å². The summed E-state index contributed by atoms with van der Waals surface area (Å²) in [6.45, 7) is 0.181. The first-order valence-corrected chi connectivity index (χ1v) is 6.57. The average molecular weight is 291 g/mol. The Kier molecular flexibility index (Phi) is 6.24. The molecule has 1 rings (SSSR count). The van der Waals surface area contributed by atoms with Gasteiger partial charge in [-0.3, -0.25) is 0 Å². The van der Waals surface area contributed by atoms with Gasteiger partial charge in [0.05, 0.1) is 6.61 Å². The van der Waals surface area contributed by atoms with Gasteiger partial charge in [0.1, 0.15) is 5.03 Å². The van der Waals surface area contributed by atoms with Crippen molar-refractivity contribution in [1.82, 2.24) is 10.3 Å². The largest absolute Gasteiger partial charge is 0.395 e. The van der Waals surface area contributed by atoms with Gasteiger partial charge in [-0.1, -0.05) is 0 Å². The Morgan fingerprint density at radius 3 is 3.07 bits per heavy atom. The third-order valence-corrected chi connectivity index (χ3v) is 4.00. The highest BCUT2D eigenvalue weighted by atomic mass is 79.9. The molecule has 0 bridgehead atoms. The van der Waals surface area contributed by atoms with E-state index in [4.69, 9.17) is 5.11 Å². The normalized spacial score (nSPS) is 12.7. The zero-order chi connectivity index (χ0) is 11.1. The van der Waals surface area contributed by atoms with Crippen LogP contribution in [0.1, 0.15) is 6.42 Å². The molecule has 1 aromatic heterocycles. The Morgan fingerprint density at radius 2 is 2.47 bits per heavy atom. The highest BCUT2D eigenvalue weighted by Gasteiger charge is 2.05. The number of aliphatic hydroxyl groups is 1. The van der Waals surface area contributed by atoms with Crippen molar-refractivity contribution in [2.24, 2.45) is 0 Å². The predicted molar refractivity (Wildman–Crippen MR) is 67.2 cm³/mol. The van der Waals surface area contributed by atoms with Crippen LogP contribution in [0.2, 0.25) is 0 Å². The van der Waals surface area contributed by atoms with E-state index < -0.39 is 0 Å². The van der Waals surface area contributed by atoms with Crippen molar-refractivity contribution in [1.29, 1.82) is 0 Å². The highest BCUT2D eigenvalue weighted by molar-refractivity contribution is 9.10. The SMILES string of the molecule is CNC(CO)CCSc1ncccc1Br. The van der Waals surface area contributed by atoms with E-state index in [1.54, 1.807) is 18.0 Å². The second-order valence-electron chi connectivity index (χ2n) is 3.10. The minimum atomic E-state index is 0.181. The number of hydrogen-bond donors (Lipinski definition) is 2. The molecule has 1 atom stereocenters. The number of pyridine rings is 1. The summed E-state index contributed by atoms with van der Waals surface area (Å²) >= 11 is 5.15. The van der Waals surface area contributed by atoms with Gasteiger partial charge in [0.15, 0.2) is 0 Å². The van der Waals surface area contributed by atoms with Crippen LogP contribution in [0.25, 0.3) is 0 Å². The molecule has 0 spiro atoms. The van der Waals surface area contributed by atoms with Crippen LogP contribution in [0, 0.1) is 0 Å². The maximum Gasteiger partial charge on any atom is 0.110 e. The molecule has 0 fully saturated rings. The van der Waals surface area contributed by atoms with E-state index in [-0.39, 0.29) is 12.6 Å². The lowest BCUT2D eigenvalue weighted by molar-refractivity contribution is 0.246. The Bertz CT molecular complexity index is 295. The van der Waals surface area contributed by atoms with Crippen LogP contribution in [-0.2, 0) is 0 Å². The summed E-state index contributed by atoms with van der Waals surface area (Å²) in [5.41, 5.74) is 0. The van der Waals surface area contributed by atoms with Gasteiger partial charge in [0.25, 0.3) is 0 Å². The highest BCUT2D eigenvalue weighted by Crippen LogP contribution is 2.25. The van der Waals surface area contributed by atoms with E-state index in [0.29, 0.717) is 0 Å². The van der Waals surface area contributed by atoms with Gasteiger partial charge in [0.2, 0.25) is 0 Å². The van der Waals surface area contributed by atoms with Gasteiger partial charge in [0, 0.05) is 22.5 Å². The molecule has 0 amide bonds. The number of likely N-dealkylation sites (N-methyl/N-ethyl adjacent to an activating group) is 1. The summed E-state index contributed by atoms with van der Waals surface area (Å²) in [6.07, 6.45) is 2.72. The molecule has 0 aliphatic heterocycles. The summed E-state index contributed by atoms with van der Waals surface area (Å²) in [5, 5.41) is 13.0. The van der Waals surface area contributed by atoms with Crippen molar-refractivity contribution in [2.45, 2.75) is 17.5 Å². The molecule has 1 aromatic rings. The molecule has 0 radical (unpaired) electrons. The van der Waals surface area contributed by atoms with Crippen molar-refractivity contribution < 1.29 is 5.11 Å². The van der Waals surface area contributed by atoms with Crippen LogP contribution in [0.5, 0.6) is 0 Å². The summed E-state index contributed by atoms with van der Waals surface area (Å²) in [7, 11) is 1.86. The Hall–Kier alpha value is -0.100. The molecule has 2 N–H and O–H groups in total. The van der Waals surface area contributed by atoms with E-state index in [9.17, 15) is 0 Å². The maximum absolute atomic E-state index is 8.98. The first-order chi connectivity index (χ1) is 7.27. The van der Waals surface area contributed by atoms with E-state index in [1.165, 1.54) is 0 Å². The number of nitrogens with one attached hydrogen (secondary N) is 1. The lowest BCUT2D eigenvalue weighted by Gasteiger charge is -2.12. The van der Waals surface area contributed by atoms with E-state index in [1.807, 2.05) is 19.2 Å². The van der Waals surface area contributed by atoms with Gasteiger partial charge in [-0.2, -0.15) is 0 Å². The van der Waals surface area contributed by atoms with Gasteiger partial charge in [-0.05, 0) is 41.5 Å². The Labute approximate surface area is 103 Å². The van der Waals surface area contributed by atoms with Crippen LogP contribution in [0.4, 0.5) is 0 Å². The minimum Gasteiger partial charge on any atom is -0.395 e. The third-order valence-electron chi connectivity index (χ3n) is 2.06. The standard InChI is InChI=1S/C10H15BrN2OS/c1-12-8(7-14)4-6-15-10-9(11)3-2-5-13-10/h2-3,5,8,12,14H,4,6-7H2,1H3. The fourth-order valence-corrected chi connectivity index (χ4v) is 2.64. The zero-order valence-electron chi connectivity index (χ0n) is 8.61. The molecule has 0 saturated heterocycles. The first-order valence-electron chi connectivity index (χ1n) is 4.79. The second kappa shape index (κ2) is 7.22. The quantitative estimate of drug-likeness (QED) is 0.786.